The minimum Gasteiger partial charge on any atom is -0.337 e. The molecule has 1 aliphatic heterocycles. The predicted molar refractivity (Wildman–Crippen MR) is 98.6 cm³/mol. The fourth-order valence-corrected chi connectivity index (χ4v) is 8.41. The average molecular weight is 372 g/mol. The Balaban J connectivity index is 1.78. The highest BCUT2D eigenvalue weighted by Gasteiger charge is 2.65. The quantitative estimate of drug-likeness (QED) is 0.787. The van der Waals surface area contributed by atoms with Crippen molar-refractivity contribution in [3.05, 3.63) is 0 Å². The van der Waals surface area contributed by atoms with E-state index >= 15 is 0 Å². The van der Waals surface area contributed by atoms with Crippen molar-refractivity contribution in [3.63, 3.8) is 0 Å². The van der Waals surface area contributed by atoms with Gasteiger partial charge in [0, 0.05) is 30.7 Å². The third-order valence-electron chi connectivity index (χ3n) is 7.25. The lowest BCUT2D eigenvalue weighted by molar-refractivity contribution is -0.787. The first-order chi connectivity index (χ1) is 11.2. The van der Waals surface area contributed by atoms with Gasteiger partial charge in [-0.1, -0.05) is 13.8 Å². The molecule has 0 aromatic rings. The minimum absolute atomic E-state index is 0.00806. The number of nitrogens with one attached hydrogen (secondary N) is 1. The van der Waals surface area contributed by atoms with Crippen LogP contribution in [0.25, 0.3) is 0 Å². The molecule has 0 amide bonds. The van der Waals surface area contributed by atoms with Gasteiger partial charge in [-0.05, 0) is 51.9 Å². The van der Waals surface area contributed by atoms with E-state index in [1.807, 2.05) is 0 Å². The normalized spacial score (nSPS) is 36.7. The lowest BCUT2D eigenvalue weighted by atomic mass is 9.70. The van der Waals surface area contributed by atoms with Crippen molar-refractivity contribution in [1.82, 2.24) is 4.72 Å². The Labute approximate surface area is 152 Å². The highest BCUT2D eigenvalue weighted by Crippen LogP contribution is 2.64. The number of sulfonamides is 1. The van der Waals surface area contributed by atoms with Gasteiger partial charge < -0.3 is 5.32 Å². The van der Waals surface area contributed by atoms with Crippen molar-refractivity contribution in [2.75, 3.05) is 5.75 Å². The second kappa shape index (κ2) is 5.52. The Morgan fingerprint density at radius 1 is 1.08 bits per heavy atom. The average Bonchev–Trinajstić information content (AvgIpc) is 2.67. The molecule has 3 fully saturated rings. The van der Waals surface area contributed by atoms with Gasteiger partial charge in [0.25, 0.3) is 0 Å². The summed E-state index contributed by atoms with van der Waals surface area (Å²) >= 11 is 0. The summed E-state index contributed by atoms with van der Waals surface area (Å²) < 4.78 is 29.0. The molecule has 1 saturated heterocycles. The van der Waals surface area contributed by atoms with E-state index in [2.05, 4.69) is 51.6 Å². The molecule has 5 nitrogen and oxygen atoms in total. The molecule has 2 aliphatic carbocycles. The summed E-state index contributed by atoms with van der Waals surface area (Å²) in [6, 6.07) is -0.0618. The lowest BCUT2D eigenvalue weighted by Gasteiger charge is -2.43. The van der Waals surface area contributed by atoms with Crippen molar-refractivity contribution in [2.45, 2.75) is 90.8 Å². The third-order valence-corrected chi connectivity index (χ3v) is 8.81. The Morgan fingerprint density at radius 2 is 1.64 bits per heavy atom. The van der Waals surface area contributed by atoms with Crippen LogP contribution >= 0.6 is 0 Å². The van der Waals surface area contributed by atoms with E-state index in [1.165, 1.54) is 0 Å². The largest absolute Gasteiger partial charge is 0.337 e. The second-order valence-corrected chi connectivity index (χ2v) is 12.5. The van der Waals surface area contributed by atoms with Gasteiger partial charge >= 0.3 is 0 Å². The van der Waals surface area contributed by atoms with Gasteiger partial charge in [0.1, 0.15) is 5.78 Å². The molecule has 3 rings (SSSR count). The second-order valence-electron chi connectivity index (χ2n) is 10.8. The van der Waals surface area contributed by atoms with Crippen molar-refractivity contribution in [2.24, 2.45) is 16.7 Å². The molecule has 2 bridgehead atoms. The smallest absolute Gasteiger partial charge is 0.212 e. The molecule has 2 saturated carbocycles. The molecule has 3 N–H and O–H groups in total. The molecule has 6 heteroatoms. The highest BCUT2D eigenvalue weighted by atomic mass is 32.2. The zero-order valence-electron chi connectivity index (χ0n) is 16.6. The minimum atomic E-state index is -3.50. The van der Waals surface area contributed by atoms with Crippen LogP contribution in [0.15, 0.2) is 0 Å². The highest BCUT2D eigenvalue weighted by molar-refractivity contribution is 7.89. The molecule has 0 unspecified atom stereocenters. The summed E-state index contributed by atoms with van der Waals surface area (Å²) in [6.45, 7) is 12.8. The van der Waals surface area contributed by atoms with Crippen LogP contribution in [-0.2, 0) is 14.8 Å². The van der Waals surface area contributed by atoms with Gasteiger partial charge in [-0.15, -0.1) is 0 Å². The number of quaternary nitrogens is 1. The Morgan fingerprint density at radius 3 is 2.08 bits per heavy atom. The number of rotatable bonds is 4. The fraction of sp³-hybridized carbons (Fsp3) is 0.947. The van der Waals surface area contributed by atoms with Gasteiger partial charge in [-0.25, -0.2) is 13.1 Å². The van der Waals surface area contributed by atoms with Crippen LogP contribution in [0.4, 0.5) is 0 Å². The number of Topliss-reactive ketones (excluding diaryl/α,β-unsaturated/α-hetero) is 1. The molecule has 144 valence electrons. The zero-order chi connectivity index (χ0) is 18.9. The molecule has 3 aliphatic rings. The molecular formula is C19H35N2O3S+. The van der Waals surface area contributed by atoms with Crippen molar-refractivity contribution in [1.29, 1.82) is 0 Å². The first kappa shape index (κ1) is 19.3. The predicted octanol–water partition coefficient (Wildman–Crippen LogP) is 1.58. The zero-order valence-corrected chi connectivity index (χ0v) is 17.4. The van der Waals surface area contributed by atoms with Crippen LogP contribution in [0.5, 0.6) is 0 Å². The number of hydrogen-bond acceptors (Lipinski definition) is 3. The Hall–Kier alpha value is -0.460. The number of nitrogens with two attached hydrogens (primary N) is 1. The molecule has 0 aromatic heterocycles. The van der Waals surface area contributed by atoms with Gasteiger partial charge in [0.15, 0.2) is 0 Å². The van der Waals surface area contributed by atoms with E-state index in [4.69, 9.17) is 0 Å². The Kier molecular flexibility index (Phi) is 4.26. The van der Waals surface area contributed by atoms with Gasteiger partial charge in [-0.3, -0.25) is 4.79 Å². The van der Waals surface area contributed by atoms with Crippen LogP contribution in [0.3, 0.4) is 0 Å². The molecule has 1 heterocycles. The van der Waals surface area contributed by atoms with E-state index in [-0.39, 0.29) is 34.1 Å². The van der Waals surface area contributed by atoms with Crippen LogP contribution < -0.4 is 10.0 Å². The third kappa shape index (κ3) is 3.30. The van der Waals surface area contributed by atoms with Crippen molar-refractivity contribution >= 4 is 15.8 Å². The molecular weight excluding hydrogens is 336 g/mol. The monoisotopic (exact) mass is 371 g/mol. The summed E-state index contributed by atoms with van der Waals surface area (Å²) in [5, 5.41) is 2.34. The topological polar surface area (TPSA) is 79.8 Å². The number of ketones is 1. The first-order valence-electron chi connectivity index (χ1n) is 9.59. The summed E-state index contributed by atoms with van der Waals surface area (Å²) in [4.78, 5) is 12.7. The molecule has 2 atom stereocenters. The molecule has 0 aromatic carbocycles. The molecule has 0 radical (unpaired) electrons. The number of fused-ring (bicyclic) bond motifs is 2. The maximum atomic E-state index is 13.0. The van der Waals surface area contributed by atoms with Crippen molar-refractivity contribution in [3.8, 4) is 0 Å². The number of hydrogen-bond donors (Lipinski definition) is 2. The summed E-state index contributed by atoms with van der Waals surface area (Å²) in [5.41, 5.74) is -0.880. The van der Waals surface area contributed by atoms with E-state index in [0.717, 1.165) is 25.7 Å². The summed E-state index contributed by atoms with van der Waals surface area (Å²) in [6.07, 6.45) is 3.87. The van der Waals surface area contributed by atoms with Gasteiger partial charge in [0.2, 0.25) is 10.0 Å². The van der Waals surface area contributed by atoms with E-state index < -0.39 is 15.4 Å². The van der Waals surface area contributed by atoms with E-state index in [9.17, 15) is 13.2 Å². The van der Waals surface area contributed by atoms with Gasteiger partial charge in [0.05, 0.1) is 16.8 Å². The van der Waals surface area contributed by atoms with Crippen LogP contribution in [0.1, 0.15) is 73.6 Å². The number of carbonyl (C=O) groups excluding carboxylic acids is 1. The van der Waals surface area contributed by atoms with Crippen LogP contribution in [0, 0.1) is 16.7 Å². The van der Waals surface area contributed by atoms with Crippen LogP contribution in [0.2, 0.25) is 0 Å². The maximum absolute atomic E-state index is 13.0. The number of carbonyl (C=O) groups is 1. The summed E-state index contributed by atoms with van der Waals surface area (Å²) in [7, 11) is -3.50. The first-order valence-corrected chi connectivity index (χ1v) is 11.2. The molecule has 25 heavy (non-hydrogen) atoms. The van der Waals surface area contributed by atoms with Gasteiger partial charge in [-0.2, -0.15) is 0 Å². The standard InChI is InChI=1S/C19H34N2O3S/c1-16(2)10-14(11-17(3,4)21-16)20-25(23,24)12-19-8-7-13(9-15(19)22)18(19,5)6/h13-14,20-21H,7-12H2,1-6H3/p+1/t13-,19+/m0/s1. The molecule has 0 spiro atoms. The van der Waals surface area contributed by atoms with E-state index in [1.54, 1.807) is 0 Å². The van der Waals surface area contributed by atoms with Crippen LogP contribution in [-0.4, -0.2) is 37.1 Å². The fourth-order valence-electron chi connectivity index (χ4n) is 6.33. The SMILES string of the molecule is CC1(C)CC(NS(=O)(=O)C[C@]23CC[C@@H](CC2=O)C3(C)C)CC(C)(C)[NH2+]1. The van der Waals surface area contributed by atoms with E-state index in [0.29, 0.717) is 12.3 Å². The Bertz CT molecular complexity index is 665. The number of piperidine rings is 1. The lowest BCUT2D eigenvalue weighted by Crippen LogP contribution is -3.06. The maximum Gasteiger partial charge on any atom is 0.212 e. The summed E-state index contributed by atoms with van der Waals surface area (Å²) in [5.74, 6) is 0.470. The van der Waals surface area contributed by atoms with Crippen molar-refractivity contribution < 1.29 is 18.5 Å².